The first-order valence-corrected chi connectivity index (χ1v) is 7.01. The zero-order chi connectivity index (χ0) is 13.2. The van der Waals surface area contributed by atoms with Crippen molar-refractivity contribution in [3.63, 3.8) is 0 Å². The molecule has 2 bridgehead atoms. The predicted octanol–water partition coefficient (Wildman–Crippen LogP) is 3.05. The Labute approximate surface area is 128 Å². The zero-order valence-corrected chi connectivity index (χ0v) is 12.8. The van der Waals surface area contributed by atoms with Crippen molar-refractivity contribution in [2.75, 3.05) is 13.2 Å². The van der Waals surface area contributed by atoms with Crippen molar-refractivity contribution in [1.82, 2.24) is 0 Å². The average Bonchev–Trinajstić information content (AvgIpc) is 2.48. The summed E-state index contributed by atoms with van der Waals surface area (Å²) in [5, 5.41) is 18.9. The number of rotatable bonds is 2. The van der Waals surface area contributed by atoms with Crippen LogP contribution in [-0.4, -0.2) is 37.5 Å². The number of fused-ring (bicyclic) bond motifs is 2. The quantitative estimate of drug-likeness (QED) is 0.743. The Morgan fingerprint density at radius 3 is 1.35 bits per heavy atom. The van der Waals surface area contributed by atoms with Gasteiger partial charge in [0.1, 0.15) is 9.75 Å². The summed E-state index contributed by atoms with van der Waals surface area (Å²) in [6, 6.07) is 0. The smallest absolute Gasteiger partial charge is 0.167 e. The normalized spacial score (nSPS) is 48.0. The molecule has 0 aliphatic heterocycles. The molecule has 1 saturated carbocycles. The van der Waals surface area contributed by atoms with E-state index in [2.05, 4.69) is 0 Å². The van der Waals surface area contributed by atoms with E-state index in [0.717, 1.165) is 0 Å². The summed E-state index contributed by atoms with van der Waals surface area (Å²) in [4.78, 5) is -2.97. The van der Waals surface area contributed by atoms with Crippen LogP contribution in [0, 0.1) is 11.8 Å². The highest BCUT2D eigenvalue weighted by atomic mass is 35.5. The SMILES string of the molecule is OC[C@@H]1[C@H](CO)[C@@]2(Cl)C(Cl)=C(Cl)[C@@]1(Cl)C2(Cl)Cl. The Balaban J connectivity index is 2.72. The summed E-state index contributed by atoms with van der Waals surface area (Å²) >= 11 is 37.3. The highest BCUT2D eigenvalue weighted by molar-refractivity contribution is 6.65. The molecule has 0 aromatic carbocycles. The molecule has 98 valence electrons. The van der Waals surface area contributed by atoms with Crippen LogP contribution >= 0.6 is 69.6 Å². The number of allylic oxidation sites excluding steroid dienone is 2. The van der Waals surface area contributed by atoms with Crippen LogP contribution < -0.4 is 0 Å². The molecule has 0 saturated heterocycles. The minimum Gasteiger partial charge on any atom is -0.396 e. The molecular weight excluding hydrogens is 353 g/mol. The Kier molecular flexibility index (Phi) is 3.65. The number of alkyl halides is 4. The lowest BCUT2D eigenvalue weighted by Crippen LogP contribution is -2.45. The van der Waals surface area contributed by atoms with Gasteiger partial charge < -0.3 is 10.2 Å². The Morgan fingerprint density at radius 2 is 1.12 bits per heavy atom. The van der Waals surface area contributed by atoms with Gasteiger partial charge in [-0.05, 0) is 0 Å². The average molecular weight is 361 g/mol. The minimum absolute atomic E-state index is 0.0320. The predicted molar refractivity (Wildman–Crippen MR) is 71.5 cm³/mol. The van der Waals surface area contributed by atoms with Crippen LogP contribution in [0.3, 0.4) is 0 Å². The largest absolute Gasteiger partial charge is 0.396 e. The molecule has 17 heavy (non-hydrogen) atoms. The van der Waals surface area contributed by atoms with E-state index in [-0.39, 0.29) is 23.3 Å². The summed E-state index contributed by atoms with van der Waals surface area (Å²) in [7, 11) is 0. The first-order valence-electron chi connectivity index (χ1n) is 4.74. The molecule has 1 fully saturated rings. The van der Waals surface area contributed by atoms with Crippen molar-refractivity contribution in [3.05, 3.63) is 10.1 Å². The van der Waals surface area contributed by atoms with E-state index in [4.69, 9.17) is 69.6 Å². The van der Waals surface area contributed by atoms with Crippen LogP contribution in [0.15, 0.2) is 10.1 Å². The van der Waals surface area contributed by atoms with Gasteiger partial charge in [0.2, 0.25) is 0 Å². The Hall–Kier alpha value is 1.40. The van der Waals surface area contributed by atoms with Gasteiger partial charge in [-0.3, -0.25) is 0 Å². The first-order chi connectivity index (χ1) is 7.71. The van der Waals surface area contributed by atoms with E-state index in [1.807, 2.05) is 0 Å². The molecule has 2 rings (SSSR count). The summed E-state index contributed by atoms with van der Waals surface area (Å²) in [5.74, 6) is -1.34. The fraction of sp³-hybridized carbons (Fsp3) is 0.778. The maximum absolute atomic E-state index is 9.41. The number of hydrogen-bond acceptors (Lipinski definition) is 2. The number of aliphatic hydroxyl groups is 2. The van der Waals surface area contributed by atoms with Crippen molar-refractivity contribution in [3.8, 4) is 0 Å². The van der Waals surface area contributed by atoms with Crippen LogP contribution in [0.5, 0.6) is 0 Å². The number of halogens is 6. The van der Waals surface area contributed by atoms with Crippen LogP contribution in [0.2, 0.25) is 0 Å². The number of hydrogen-bond donors (Lipinski definition) is 2. The first kappa shape index (κ1) is 14.8. The second kappa shape index (κ2) is 4.20. The molecule has 0 spiro atoms. The van der Waals surface area contributed by atoms with Crippen molar-refractivity contribution >= 4 is 69.6 Å². The highest BCUT2D eigenvalue weighted by Gasteiger charge is 2.81. The van der Waals surface area contributed by atoms with Crippen LogP contribution in [0.4, 0.5) is 0 Å². The van der Waals surface area contributed by atoms with Gasteiger partial charge in [0.05, 0.1) is 10.1 Å². The third-order valence-electron chi connectivity index (χ3n) is 3.65. The summed E-state index contributed by atoms with van der Waals surface area (Å²) in [6.07, 6.45) is 0. The highest BCUT2D eigenvalue weighted by Crippen LogP contribution is 2.75. The van der Waals surface area contributed by atoms with E-state index < -0.39 is 25.9 Å². The molecule has 0 aromatic rings. The Morgan fingerprint density at radius 1 is 0.824 bits per heavy atom. The molecular formula is C9H8Cl6O2. The third-order valence-corrected chi connectivity index (χ3v) is 8.00. The van der Waals surface area contributed by atoms with E-state index in [9.17, 15) is 10.2 Å². The summed E-state index contributed by atoms with van der Waals surface area (Å²) in [6.45, 7) is -0.713. The second-order valence-electron chi connectivity index (χ2n) is 4.20. The van der Waals surface area contributed by atoms with E-state index in [1.54, 1.807) is 0 Å². The van der Waals surface area contributed by atoms with Crippen LogP contribution in [0.1, 0.15) is 0 Å². The van der Waals surface area contributed by atoms with Crippen molar-refractivity contribution in [2.45, 2.75) is 14.1 Å². The monoisotopic (exact) mass is 358 g/mol. The van der Waals surface area contributed by atoms with Crippen LogP contribution in [0.25, 0.3) is 0 Å². The van der Waals surface area contributed by atoms with Crippen molar-refractivity contribution in [1.29, 1.82) is 0 Å². The molecule has 2 aliphatic rings. The lowest BCUT2D eigenvalue weighted by Gasteiger charge is -2.34. The molecule has 0 radical (unpaired) electrons. The molecule has 4 atom stereocenters. The fourth-order valence-corrected chi connectivity index (χ4v) is 5.78. The van der Waals surface area contributed by atoms with E-state index in [0.29, 0.717) is 0 Å². The molecule has 2 nitrogen and oxygen atoms in total. The van der Waals surface area contributed by atoms with Crippen LogP contribution in [-0.2, 0) is 0 Å². The van der Waals surface area contributed by atoms with Crippen molar-refractivity contribution < 1.29 is 10.2 Å². The van der Waals surface area contributed by atoms with Gasteiger partial charge in [-0.25, -0.2) is 0 Å². The standard InChI is InChI=1S/C9H8Cl6O2/c10-5-6(11)8(13)4(2-17)3(1-16)7(5,12)9(8,14)15/h3-4,16-17H,1-2H2/t3-,4+,7-,8-/m1/s1. The summed E-state index contributed by atoms with van der Waals surface area (Å²) < 4.78 is -1.70. The lowest BCUT2D eigenvalue weighted by atomic mass is 9.83. The van der Waals surface area contributed by atoms with Gasteiger partial charge in [0, 0.05) is 25.0 Å². The molecule has 0 unspecified atom stereocenters. The molecule has 0 heterocycles. The van der Waals surface area contributed by atoms with Gasteiger partial charge in [-0.2, -0.15) is 0 Å². The van der Waals surface area contributed by atoms with Crippen molar-refractivity contribution in [2.24, 2.45) is 11.8 Å². The maximum atomic E-state index is 9.41. The van der Waals surface area contributed by atoms with Gasteiger partial charge in [0.15, 0.2) is 4.33 Å². The zero-order valence-electron chi connectivity index (χ0n) is 8.23. The molecule has 0 amide bonds. The van der Waals surface area contributed by atoms with Gasteiger partial charge in [-0.15, -0.1) is 23.2 Å². The molecule has 2 N–H and O–H groups in total. The van der Waals surface area contributed by atoms with E-state index in [1.165, 1.54) is 0 Å². The van der Waals surface area contributed by atoms with Gasteiger partial charge in [-0.1, -0.05) is 46.4 Å². The molecule has 2 aliphatic carbocycles. The molecule has 8 heteroatoms. The van der Waals surface area contributed by atoms with Gasteiger partial charge >= 0.3 is 0 Å². The summed E-state index contributed by atoms with van der Waals surface area (Å²) in [5.41, 5.74) is 0. The lowest BCUT2D eigenvalue weighted by molar-refractivity contribution is 0.120. The third kappa shape index (κ3) is 1.34. The molecule has 0 aromatic heterocycles. The fourth-order valence-electron chi connectivity index (χ4n) is 2.71. The van der Waals surface area contributed by atoms with E-state index >= 15 is 0 Å². The Bertz CT molecular complexity index is 363. The second-order valence-corrected chi connectivity index (χ2v) is 7.48. The topological polar surface area (TPSA) is 40.5 Å². The minimum atomic E-state index is -1.70. The number of aliphatic hydroxyl groups excluding tert-OH is 2. The van der Waals surface area contributed by atoms with Gasteiger partial charge in [0.25, 0.3) is 0 Å². The maximum Gasteiger partial charge on any atom is 0.167 e.